The Kier molecular flexibility index (Phi) is 2.33. The molecule has 0 saturated heterocycles. The molecule has 3 nitrogen and oxygen atoms in total. The van der Waals surface area contributed by atoms with Gasteiger partial charge in [0.15, 0.2) is 0 Å². The van der Waals surface area contributed by atoms with Crippen LogP contribution in [0.5, 0.6) is 0 Å². The Labute approximate surface area is 82.6 Å². The molecule has 2 rings (SSSR count). The quantitative estimate of drug-likeness (QED) is 0.784. The molecule has 0 aromatic carbocycles. The van der Waals surface area contributed by atoms with E-state index >= 15 is 0 Å². The van der Waals surface area contributed by atoms with Gasteiger partial charge in [-0.05, 0) is 30.7 Å². The molecule has 0 saturated carbocycles. The van der Waals surface area contributed by atoms with Crippen LogP contribution in [0.25, 0.3) is 0 Å². The minimum absolute atomic E-state index is 0.224. The lowest BCUT2D eigenvalue weighted by Crippen LogP contribution is -2.11. The highest BCUT2D eigenvalue weighted by Crippen LogP contribution is 2.18. The number of pyridine rings is 1. The number of hydrogen-bond donors (Lipinski definition) is 1. The second-order valence-corrected chi connectivity index (χ2v) is 3.23. The Bertz CT molecular complexity index is 392. The fourth-order valence-electron chi connectivity index (χ4n) is 1.30. The van der Waals surface area contributed by atoms with Crippen LogP contribution in [-0.4, -0.2) is 4.98 Å². The molecule has 3 heteroatoms. The van der Waals surface area contributed by atoms with E-state index in [1.807, 2.05) is 31.2 Å². The van der Waals surface area contributed by atoms with E-state index in [-0.39, 0.29) is 6.04 Å². The highest BCUT2D eigenvalue weighted by atomic mass is 16.3. The van der Waals surface area contributed by atoms with E-state index in [1.165, 1.54) is 0 Å². The minimum atomic E-state index is -0.224. The predicted octanol–water partition coefficient (Wildman–Crippen LogP) is 2.03. The highest BCUT2D eigenvalue weighted by molar-refractivity contribution is 5.24. The van der Waals surface area contributed by atoms with Crippen molar-refractivity contribution in [2.24, 2.45) is 5.73 Å². The van der Waals surface area contributed by atoms with Crippen molar-refractivity contribution in [1.29, 1.82) is 0 Å². The third-order valence-corrected chi connectivity index (χ3v) is 2.14. The first-order chi connectivity index (χ1) is 6.77. The molecule has 2 N–H and O–H groups in total. The van der Waals surface area contributed by atoms with Gasteiger partial charge in [0.1, 0.15) is 5.76 Å². The van der Waals surface area contributed by atoms with Crippen molar-refractivity contribution in [2.45, 2.75) is 13.0 Å². The number of aryl methyl sites for hydroxylation is 1. The SMILES string of the molecule is Cc1ccc(C(N)c2ccco2)cn1. The van der Waals surface area contributed by atoms with Crippen LogP contribution in [0.4, 0.5) is 0 Å². The van der Waals surface area contributed by atoms with Crippen LogP contribution in [0, 0.1) is 6.92 Å². The molecule has 0 fully saturated rings. The molecular weight excluding hydrogens is 176 g/mol. The summed E-state index contributed by atoms with van der Waals surface area (Å²) in [6.45, 7) is 1.95. The fraction of sp³-hybridized carbons (Fsp3) is 0.182. The van der Waals surface area contributed by atoms with E-state index in [0.29, 0.717) is 0 Å². The second-order valence-electron chi connectivity index (χ2n) is 3.23. The first kappa shape index (κ1) is 8.97. The van der Waals surface area contributed by atoms with Crippen molar-refractivity contribution in [3.8, 4) is 0 Å². The molecule has 1 atom stereocenters. The standard InChI is InChI=1S/C11H12N2O/c1-8-4-5-9(7-13-8)11(12)10-3-2-6-14-10/h2-7,11H,12H2,1H3. The molecular formula is C11H12N2O. The van der Waals surface area contributed by atoms with Gasteiger partial charge in [-0.3, -0.25) is 4.98 Å². The number of rotatable bonds is 2. The molecule has 0 spiro atoms. The summed E-state index contributed by atoms with van der Waals surface area (Å²) in [4.78, 5) is 4.19. The van der Waals surface area contributed by atoms with E-state index in [4.69, 9.17) is 10.2 Å². The van der Waals surface area contributed by atoms with Crippen molar-refractivity contribution in [3.63, 3.8) is 0 Å². The average molecular weight is 188 g/mol. The molecule has 0 amide bonds. The van der Waals surface area contributed by atoms with Crippen molar-refractivity contribution in [3.05, 3.63) is 53.7 Å². The molecule has 2 heterocycles. The number of nitrogens with two attached hydrogens (primary N) is 1. The summed E-state index contributed by atoms with van der Waals surface area (Å²) in [5.74, 6) is 0.760. The fourth-order valence-corrected chi connectivity index (χ4v) is 1.30. The summed E-state index contributed by atoms with van der Waals surface area (Å²) in [7, 11) is 0. The summed E-state index contributed by atoms with van der Waals surface area (Å²) in [5.41, 5.74) is 7.93. The summed E-state index contributed by atoms with van der Waals surface area (Å²) in [5, 5.41) is 0. The van der Waals surface area contributed by atoms with Gasteiger partial charge < -0.3 is 10.2 Å². The van der Waals surface area contributed by atoms with E-state index in [9.17, 15) is 0 Å². The highest BCUT2D eigenvalue weighted by Gasteiger charge is 2.10. The Morgan fingerprint density at radius 1 is 1.36 bits per heavy atom. The van der Waals surface area contributed by atoms with Gasteiger partial charge in [-0.25, -0.2) is 0 Å². The zero-order valence-corrected chi connectivity index (χ0v) is 7.97. The van der Waals surface area contributed by atoms with E-state index < -0.39 is 0 Å². The summed E-state index contributed by atoms with van der Waals surface area (Å²) in [6, 6.07) is 7.38. The molecule has 0 aliphatic rings. The Balaban J connectivity index is 2.28. The molecule has 0 aliphatic heterocycles. The zero-order valence-electron chi connectivity index (χ0n) is 7.97. The lowest BCUT2D eigenvalue weighted by atomic mass is 10.1. The van der Waals surface area contributed by atoms with Gasteiger partial charge in [0, 0.05) is 11.9 Å². The number of hydrogen-bond acceptors (Lipinski definition) is 3. The van der Waals surface area contributed by atoms with Crippen LogP contribution >= 0.6 is 0 Å². The van der Waals surface area contributed by atoms with Gasteiger partial charge in [0.05, 0.1) is 12.3 Å². The zero-order chi connectivity index (χ0) is 9.97. The van der Waals surface area contributed by atoms with Crippen molar-refractivity contribution in [2.75, 3.05) is 0 Å². The molecule has 2 aromatic rings. The molecule has 0 radical (unpaired) electrons. The largest absolute Gasteiger partial charge is 0.467 e. The van der Waals surface area contributed by atoms with Gasteiger partial charge in [-0.15, -0.1) is 0 Å². The van der Waals surface area contributed by atoms with Crippen molar-refractivity contribution < 1.29 is 4.42 Å². The summed E-state index contributed by atoms with van der Waals surface area (Å²) < 4.78 is 5.23. The first-order valence-corrected chi connectivity index (χ1v) is 4.49. The van der Waals surface area contributed by atoms with Gasteiger partial charge in [0.25, 0.3) is 0 Å². The second kappa shape index (κ2) is 3.64. The Morgan fingerprint density at radius 3 is 2.79 bits per heavy atom. The maximum absolute atomic E-state index is 5.98. The van der Waals surface area contributed by atoms with Gasteiger partial charge >= 0.3 is 0 Å². The number of furan rings is 1. The van der Waals surface area contributed by atoms with Crippen molar-refractivity contribution in [1.82, 2.24) is 4.98 Å². The van der Waals surface area contributed by atoms with Crippen LogP contribution in [0.1, 0.15) is 23.1 Å². The number of nitrogens with zero attached hydrogens (tertiary/aromatic N) is 1. The molecule has 72 valence electrons. The van der Waals surface area contributed by atoms with Gasteiger partial charge in [-0.2, -0.15) is 0 Å². The van der Waals surface area contributed by atoms with Crippen LogP contribution in [0.3, 0.4) is 0 Å². The van der Waals surface area contributed by atoms with Crippen LogP contribution in [-0.2, 0) is 0 Å². The maximum atomic E-state index is 5.98. The third kappa shape index (κ3) is 1.67. The molecule has 1 unspecified atom stereocenters. The van der Waals surface area contributed by atoms with E-state index in [1.54, 1.807) is 12.5 Å². The van der Waals surface area contributed by atoms with E-state index in [0.717, 1.165) is 17.0 Å². The van der Waals surface area contributed by atoms with Crippen LogP contribution in [0.15, 0.2) is 41.1 Å². The maximum Gasteiger partial charge on any atom is 0.125 e. The molecule has 2 aromatic heterocycles. The minimum Gasteiger partial charge on any atom is -0.467 e. The molecule has 0 bridgehead atoms. The van der Waals surface area contributed by atoms with Crippen LogP contribution in [0.2, 0.25) is 0 Å². The summed E-state index contributed by atoms with van der Waals surface area (Å²) in [6.07, 6.45) is 3.40. The predicted molar refractivity (Wildman–Crippen MR) is 53.7 cm³/mol. The van der Waals surface area contributed by atoms with Gasteiger partial charge in [0.2, 0.25) is 0 Å². The lowest BCUT2D eigenvalue weighted by Gasteiger charge is -2.08. The average Bonchev–Trinajstić information content (AvgIpc) is 2.71. The number of aromatic nitrogens is 1. The third-order valence-electron chi connectivity index (χ3n) is 2.14. The smallest absolute Gasteiger partial charge is 0.125 e. The topological polar surface area (TPSA) is 52.0 Å². The monoisotopic (exact) mass is 188 g/mol. The Hall–Kier alpha value is -1.61. The first-order valence-electron chi connectivity index (χ1n) is 4.49. The molecule has 0 aliphatic carbocycles. The van der Waals surface area contributed by atoms with Gasteiger partial charge in [-0.1, -0.05) is 6.07 Å². The Morgan fingerprint density at radius 2 is 2.21 bits per heavy atom. The van der Waals surface area contributed by atoms with E-state index in [2.05, 4.69) is 4.98 Å². The normalized spacial score (nSPS) is 12.7. The molecule has 14 heavy (non-hydrogen) atoms. The van der Waals surface area contributed by atoms with Crippen LogP contribution < -0.4 is 5.73 Å². The lowest BCUT2D eigenvalue weighted by molar-refractivity contribution is 0.489. The summed E-state index contributed by atoms with van der Waals surface area (Å²) >= 11 is 0. The van der Waals surface area contributed by atoms with Crippen molar-refractivity contribution >= 4 is 0 Å².